The maximum Gasteiger partial charge on any atom is 0.163 e. The summed E-state index contributed by atoms with van der Waals surface area (Å²) in [6.07, 6.45) is 4.23. The van der Waals surface area contributed by atoms with E-state index in [4.69, 9.17) is 0 Å². The van der Waals surface area contributed by atoms with Crippen molar-refractivity contribution in [3.8, 4) is 0 Å². The number of Topliss-reactive ketones (excluding diaryl/α,β-unsaturated/α-hetero) is 1. The van der Waals surface area contributed by atoms with Gasteiger partial charge in [0.1, 0.15) is 0 Å². The van der Waals surface area contributed by atoms with Crippen molar-refractivity contribution < 1.29 is 9.90 Å². The van der Waals surface area contributed by atoms with Crippen LogP contribution in [0.2, 0.25) is 0 Å². The molecular weight excluding hydrogens is 272 g/mol. The lowest BCUT2D eigenvalue weighted by molar-refractivity contribution is 0.0365. The first-order valence-corrected chi connectivity index (χ1v) is 8.46. The van der Waals surface area contributed by atoms with Crippen LogP contribution in [-0.4, -0.2) is 10.9 Å². The van der Waals surface area contributed by atoms with Gasteiger partial charge in [-0.2, -0.15) is 0 Å². The van der Waals surface area contributed by atoms with Gasteiger partial charge in [-0.15, -0.1) is 0 Å². The Bertz CT molecular complexity index is 621. The van der Waals surface area contributed by atoms with Gasteiger partial charge in [0.25, 0.3) is 0 Å². The van der Waals surface area contributed by atoms with Crippen LogP contribution in [0.5, 0.6) is 0 Å². The average Bonchev–Trinajstić information content (AvgIpc) is 2.40. The number of hydrogen-bond donors (Lipinski definition) is 1. The Kier molecular flexibility index (Phi) is 3.34. The second kappa shape index (κ2) is 4.67. The summed E-state index contributed by atoms with van der Waals surface area (Å²) in [7, 11) is 0. The second-order valence-corrected chi connectivity index (χ2v) is 8.76. The van der Waals surface area contributed by atoms with Crippen molar-refractivity contribution in [2.75, 3.05) is 0 Å². The smallest absolute Gasteiger partial charge is 0.163 e. The molecule has 1 aromatic rings. The maximum absolute atomic E-state index is 12.8. The molecule has 0 saturated heterocycles. The Morgan fingerprint density at radius 2 is 1.86 bits per heavy atom. The first-order valence-electron chi connectivity index (χ1n) is 8.46. The van der Waals surface area contributed by atoms with E-state index in [1.165, 1.54) is 18.4 Å². The van der Waals surface area contributed by atoms with E-state index < -0.39 is 5.60 Å². The standard InChI is InChI=1S/C20H28O2/c1-18(2)9-6-10-20(5)15-8-7-13(19(3,4)22)11-14(15)16(21)12-17(18)20/h7-8,11,17,22H,6,9-10,12H2,1-5H3. The summed E-state index contributed by atoms with van der Waals surface area (Å²) in [5.74, 6) is 0.667. The number of carbonyl (C=O) groups is 1. The van der Waals surface area contributed by atoms with Gasteiger partial charge in [-0.05, 0) is 60.6 Å². The van der Waals surface area contributed by atoms with Crippen molar-refractivity contribution in [3.63, 3.8) is 0 Å². The van der Waals surface area contributed by atoms with E-state index in [1.54, 1.807) is 13.8 Å². The molecule has 2 nitrogen and oxygen atoms in total. The molecule has 22 heavy (non-hydrogen) atoms. The van der Waals surface area contributed by atoms with Gasteiger partial charge in [0.2, 0.25) is 0 Å². The summed E-state index contributed by atoms with van der Waals surface area (Å²) in [4.78, 5) is 12.8. The molecule has 3 rings (SSSR count). The maximum atomic E-state index is 12.8. The van der Waals surface area contributed by atoms with E-state index in [0.29, 0.717) is 12.3 Å². The van der Waals surface area contributed by atoms with Gasteiger partial charge < -0.3 is 5.11 Å². The van der Waals surface area contributed by atoms with Crippen molar-refractivity contribution in [1.29, 1.82) is 0 Å². The lowest BCUT2D eigenvalue weighted by Crippen LogP contribution is -2.49. The molecule has 1 N–H and O–H groups in total. The molecule has 0 spiro atoms. The summed E-state index contributed by atoms with van der Waals surface area (Å²) < 4.78 is 0. The zero-order valence-corrected chi connectivity index (χ0v) is 14.5. The summed E-state index contributed by atoms with van der Waals surface area (Å²) >= 11 is 0. The Hall–Kier alpha value is -1.15. The zero-order valence-electron chi connectivity index (χ0n) is 14.5. The van der Waals surface area contributed by atoms with E-state index in [9.17, 15) is 9.90 Å². The van der Waals surface area contributed by atoms with Crippen LogP contribution in [0.3, 0.4) is 0 Å². The minimum atomic E-state index is -0.904. The van der Waals surface area contributed by atoms with Crippen LogP contribution in [0.15, 0.2) is 18.2 Å². The molecule has 0 aliphatic heterocycles. The third kappa shape index (κ3) is 2.23. The van der Waals surface area contributed by atoms with E-state index >= 15 is 0 Å². The van der Waals surface area contributed by atoms with Gasteiger partial charge in [-0.3, -0.25) is 4.79 Å². The highest BCUT2D eigenvalue weighted by atomic mass is 16.3. The van der Waals surface area contributed by atoms with Crippen LogP contribution in [-0.2, 0) is 11.0 Å². The minimum Gasteiger partial charge on any atom is -0.386 e. The van der Waals surface area contributed by atoms with Crippen molar-refractivity contribution in [1.82, 2.24) is 0 Å². The zero-order chi connectivity index (χ0) is 16.3. The van der Waals surface area contributed by atoms with Crippen LogP contribution in [0.4, 0.5) is 0 Å². The largest absolute Gasteiger partial charge is 0.386 e. The highest BCUT2D eigenvalue weighted by Gasteiger charge is 2.51. The molecular formula is C20H28O2. The highest BCUT2D eigenvalue weighted by Crippen LogP contribution is 2.57. The van der Waals surface area contributed by atoms with Crippen molar-refractivity contribution in [2.45, 2.75) is 71.3 Å². The predicted octanol–water partition coefficient (Wildman–Crippen LogP) is 4.58. The lowest BCUT2D eigenvalue weighted by Gasteiger charge is -2.54. The number of benzene rings is 1. The molecule has 120 valence electrons. The number of rotatable bonds is 1. The Morgan fingerprint density at radius 3 is 2.50 bits per heavy atom. The van der Waals surface area contributed by atoms with Crippen molar-refractivity contribution >= 4 is 5.78 Å². The van der Waals surface area contributed by atoms with Crippen LogP contribution in [0.25, 0.3) is 0 Å². The number of carbonyl (C=O) groups excluding carboxylic acids is 1. The first kappa shape index (κ1) is 15.7. The second-order valence-electron chi connectivity index (χ2n) is 8.76. The summed E-state index contributed by atoms with van der Waals surface area (Å²) in [6.45, 7) is 10.5. The topological polar surface area (TPSA) is 37.3 Å². The quantitative estimate of drug-likeness (QED) is 0.824. The monoisotopic (exact) mass is 300 g/mol. The number of ketones is 1. The molecule has 1 aromatic carbocycles. The summed E-state index contributed by atoms with van der Waals surface area (Å²) in [6, 6.07) is 6.04. The van der Waals surface area contributed by atoms with Crippen molar-refractivity contribution in [3.05, 3.63) is 34.9 Å². The molecule has 0 radical (unpaired) electrons. The first-order chi connectivity index (χ1) is 10.1. The molecule has 1 fully saturated rings. The normalized spacial score (nSPS) is 30.6. The van der Waals surface area contributed by atoms with Gasteiger partial charge >= 0.3 is 0 Å². The van der Waals surface area contributed by atoms with Gasteiger partial charge in [0.05, 0.1) is 5.60 Å². The highest BCUT2D eigenvalue weighted by molar-refractivity contribution is 5.99. The third-order valence-electron chi connectivity index (χ3n) is 6.26. The minimum absolute atomic E-state index is 0.0864. The van der Waals surface area contributed by atoms with E-state index in [-0.39, 0.29) is 16.6 Å². The molecule has 0 bridgehead atoms. The van der Waals surface area contributed by atoms with Crippen LogP contribution in [0, 0.1) is 11.3 Å². The lowest BCUT2D eigenvalue weighted by atomic mass is 9.50. The van der Waals surface area contributed by atoms with E-state index in [0.717, 1.165) is 17.5 Å². The fraction of sp³-hybridized carbons (Fsp3) is 0.650. The molecule has 2 aliphatic carbocycles. The molecule has 1 saturated carbocycles. The Balaban J connectivity index is 2.15. The number of aliphatic hydroxyl groups is 1. The fourth-order valence-electron chi connectivity index (χ4n) is 4.89. The number of hydrogen-bond acceptors (Lipinski definition) is 2. The molecule has 0 amide bonds. The summed E-state index contributed by atoms with van der Waals surface area (Å²) in [5, 5.41) is 10.2. The Morgan fingerprint density at radius 1 is 1.18 bits per heavy atom. The number of fused-ring (bicyclic) bond motifs is 3. The molecule has 2 aliphatic rings. The van der Waals surface area contributed by atoms with Crippen molar-refractivity contribution in [2.24, 2.45) is 11.3 Å². The molecule has 2 atom stereocenters. The van der Waals surface area contributed by atoms with Gasteiger partial charge in [-0.1, -0.05) is 39.3 Å². The molecule has 2 unspecified atom stereocenters. The van der Waals surface area contributed by atoms with E-state index in [2.05, 4.69) is 26.8 Å². The van der Waals surface area contributed by atoms with Crippen LogP contribution >= 0.6 is 0 Å². The van der Waals surface area contributed by atoms with Crippen LogP contribution < -0.4 is 0 Å². The van der Waals surface area contributed by atoms with Gasteiger partial charge in [-0.25, -0.2) is 0 Å². The van der Waals surface area contributed by atoms with Gasteiger partial charge in [0.15, 0.2) is 5.78 Å². The summed E-state index contributed by atoms with van der Waals surface area (Å²) in [5.41, 5.74) is 2.28. The van der Waals surface area contributed by atoms with Gasteiger partial charge in [0, 0.05) is 12.0 Å². The predicted molar refractivity (Wildman–Crippen MR) is 89.1 cm³/mol. The average molecular weight is 300 g/mol. The third-order valence-corrected chi connectivity index (χ3v) is 6.26. The Labute approximate surface area is 133 Å². The van der Waals surface area contributed by atoms with Crippen LogP contribution in [0.1, 0.15) is 81.8 Å². The fourth-order valence-corrected chi connectivity index (χ4v) is 4.89. The van der Waals surface area contributed by atoms with E-state index in [1.807, 2.05) is 12.1 Å². The SMILES string of the molecule is CC(C)(O)c1ccc2c(c1)C(=O)CC1C(C)(C)CCCC21C. The molecule has 2 heteroatoms. The molecule has 0 aromatic heterocycles. The molecule has 0 heterocycles.